The zero-order valence-electron chi connectivity index (χ0n) is 19.6. The van der Waals surface area contributed by atoms with Gasteiger partial charge in [0.25, 0.3) is 21.6 Å². The predicted molar refractivity (Wildman–Crippen MR) is 134 cm³/mol. The molecule has 3 aromatic carbocycles. The van der Waals surface area contributed by atoms with E-state index in [4.69, 9.17) is 0 Å². The van der Waals surface area contributed by atoms with E-state index in [0.717, 1.165) is 6.07 Å². The lowest BCUT2D eigenvalue weighted by Crippen LogP contribution is -2.28. The lowest BCUT2D eigenvalue weighted by atomic mass is 10.0. The van der Waals surface area contributed by atoms with Crippen molar-refractivity contribution in [2.75, 3.05) is 4.72 Å². The van der Waals surface area contributed by atoms with Crippen LogP contribution >= 0.6 is 0 Å². The predicted octanol–water partition coefficient (Wildman–Crippen LogP) is 4.48. The first-order valence-electron chi connectivity index (χ1n) is 10.6. The molecule has 3 rings (SSSR count). The van der Waals surface area contributed by atoms with E-state index in [-0.39, 0.29) is 27.5 Å². The van der Waals surface area contributed by atoms with Crippen LogP contribution in [0, 0.1) is 17.0 Å². The number of aliphatic carboxylic acids is 1. The van der Waals surface area contributed by atoms with Crippen molar-refractivity contribution >= 4 is 33.3 Å². The van der Waals surface area contributed by atoms with E-state index < -0.39 is 26.8 Å². The largest absolute Gasteiger partial charge is 0.477 e. The fourth-order valence-electron chi connectivity index (χ4n) is 3.36. The molecule has 36 heavy (non-hydrogen) atoms. The number of hydrogen-bond donors (Lipinski definition) is 3. The number of anilines is 1. The molecule has 0 spiro atoms. The van der Waals surface area contributed by atoms with Gasteiger partial charge in [-0.3, -0.25) is 19.6 Å². The maximum atomic E-state index is 12.9. The van der Waals surface area contributed by atoms with Gasteiger partial charge >= 0.3 is 5.97 Å². The summed E-state index contributed by atoms with van der Waals surface area (Å²) in [5, 5.41) is 22.7. The standard InChI is InChI=1S/C25H23N3O7S/c1-15(2)23(25(30)31)26-24(29)18-10-8-17(9-11-18)19-5-4-6-20(13-19)27-36(34,35)22-14-21(28(32)33)12-7-16(22)3/h4-14,27H,1-3H3,(H,26,29)(H,30,31). The van der Waals surface area contributed by atoms with Crippen LogP contribution in [0.25, 0.3) is 11.1 Å². The minimum Gasteiger partial charge on any atom is -0.477 e. The molecule has 3 aromatic rings. The van der Waals surface area contributed by atoms with E-state index in [2.05, 4.69) is 10.0 Å². The number of benzene rings is 3. The molecule has 0 fully saturated rings. The monoisotopic (exact) mass is 509 g/mol. The number of nitrogens with zero attached hydrogens (tertiary/aromatic N) is 1. The molecule has 186 valence electrons. The molecule has 3 N–H and O–H groups in total. The molecule has 0 atom stereocenters. The van der Waals surface area contributed by atoms with Crippen LogP contribution in [0.5, 0.6) is 0 Å². The Morgan fingerprint density at radius 3 is 2.19 bits per heavy atom. The van der Waals surface area contributed by atoms with E-state index >= 15 is 0 Å². The molecule has 0 aliphatic rings. The van der Waals surface area contributed by atoms with Crippen molar-refractivity contribution in [2.45, 2.75) is 25.7 Å². The number of amides is 1. The molecule has 0 unspecified atom stereocenters. The van der Waals surface area contributed by atoms with Gasteiger partial charge in [0.05, 0.1) is 9.82 Å². The molecule has 0 aliphatic heterocycles. The Kier molecular flexibility index (Phi) is 7.54. The van der Waals surface area contributed by atoms with Crippen molar-refractivity contribution in [1.29, 1.82) is 0 Å². The van der Waals surface area contributed by atoms with Crippen molar-refractivity contribution < 1.29 is 28.0 Å². The Balaban J connectivity index is 1.84. The zero-order chi connectivity index (χ0) is 26.6. The molecular formula is C25H23N3O7S. The highest BCUT2D eigenvalue weighted by molar-refractivity contribution is 7.92. The van der Waals surface area contributed by atoms with Crippen LogP contribution in [-0.2, 0) is 14.8 Å². The Morgan fingerprint density at radius 1 is 0.944 bits per heavy atom. The van der Waals surface area contributed by atoms with Crippen LogP contribution in [0.4, 0.5) is 11.4 Å². The fraction of sp³-hybridized carbons (Fsp3) is 0.120. The molecule has 0 saturated carbocycles. The molecular weight excluding hydrogens is 486 g/mol. The van der Waals surface area contributed by atoms with Gasteiger partial charge in [-0.15, -0.1) is 0 Å². The van der Waals surface area contributed by atoms with Crippen LogP contribution in [0.1, 0.15) is 29.8 Å². The third-order valence-corrected chi connectivity index (χ3v) is 6.74. The van der Waals surface area contributed by atoms with Gasteiger partial charge in [0.1, 0.15) is 5.70 Å². The van der Waals surface area contributed by atoms with Gasteiger partial charge in [-0.05, 0) is 67.3 Å². The maximum absolute atomic E-state index is 12.9. The Bertz CT molecular complexity index is 1490. The van der Waals surface area contributed by atoms with Crippen molar-refractivity contribution in [3.8, 4) is 11.1 Å². The molecule has 0 aliphatic carbocycles. The number of carboxylic acids is 1. The number of non-ortho nitro benzene ring substituents is 1. The number of carbonyl (C=O) groups is 2. The summed E-state index contributed by atoms with van der Waals surface area (Å²) in [5.74, 6) is -1.81. The molecule has 0 bridgehead atoms. The zero-order valence-corrected chi connectivity index (χ0v) is 20.4. The highest BCUT2D eigenvalue weighted by Gasteiger charge is 2.21. The quantitative estimate of drug-likeness (QED) is 0.230. The summed E-state index contributed by atoms with van der Waals surface area (Å²) < 4.78 is 28.3. The first-order chi connectivity index (χ1) is 16.9. The minimum absolute atomic E-state index is 0.192. The van der Waals surface area contributed by atoms with Gasteiger partial charge < -0.3 is 10.4 Å². The van der Waals surface area contributed by atoms with Crippen LogP contribution < -0.4 is 10.0 Å². The maximum Gasteiger partial charge on any atom is 0.352 e. The molecule has 10 nitrogen and oxygen atoms in total. The number of allylic oxidation sites excluding steroid dienone is 1. The van der Waals surface area contributed by atoms with Crippen LogP contribution in [0.3, 0.4) is 0 Å². The van der Waals surface area contributed by atoms with Crippen LogP contribution in [-0.4, -0.2) is 30.3 Å². The smallest absolute Gasteiger partial charge is 0.352 e. The van der Waals surface area contributed by atoms with E-state index in [1.165, 1.54) is 24.3 Å². The normalized spacial score (nSPS) is 10.9. The average molecular weight is 510 g/mol. The van der Waals surface area contributed by atoms with E-state index in [1.54, 1.807) is 57.2 Å². The fourth-order valence-corrected chi connectivity index (χ4v) is 4.67. The van der Waals surface area contributed by atoms with Crippen molar-refractivity contribution in [3.05, 3.63) is 99.2 Å². The number of nitro benzene ring substituents is 1. The van der Waals surface area contributed by atoms with Gasteiger partial charge in [0, 0.05) is 23.4 Å². The number of rotatable bonds is 8. The molecule has 0 heterocycles. The van der Waals surface area contributed by atoms with Crippen LogP contribution in [0.2, 0.25) is 0 Å². The lowest BCUT2D eigenvalue weighted by molar-refractivity contribution is -0.385. The molecule has 1 amide bonds. The number of carbonyl (C=O) groups excluding carboxylic acids is 1. The number of nitro groups is 1. The lowest BCUT2D eigenvalue weighted by Gasteiger charge is -2.12. The highest BCUT2D eigenvalue weighted by Crippen LogP contribution is 2.27. The van der Waals surface area contributed by atoms with Crippen LogP contribution in [0.15, 0.2) is 82.9 Å². The van der Waals surface area contributed by atoms with Gasteiger partial charge in [0.2, 0.25) is 0 Å². The van der Waals surface area contributed by atoms with Crippen molar-refractivity contribution in [3.63, 3.8) is 0 Å². The molecule has 0 radical (unpaired) electrons. The summed E-state index contributed by atoms with van der Waals surface area (Å²) in [6.07, 6.45) is 0. The topological polar surface area (TPSA) is 156 Å². The molecule has 11 heteroatoms. The third kappa shape index (κ3) is 5.94. The van der Waals surface area contributed by atoms with E-state index in [0.29, 0.717) is 22.3 Å². The van der Waals surface area contributed by atoms with Gasteiger partial charge in [-0.25, -0.2) is 13.2 Å². The van der Waals surface area contributed by atoms with Crippen molar-refractivity contribution in [2.24, 2.45) is 0 Å². The first kappa shape index (κ1) is 26.1. The summed E-state index contributed by atoms with van der Waals surface area (Å²) in [6.45, 7) is 4.70. The Morgan fingerprint density at radius 2 is 1.61 bits per heavy atom. The number of sulfonamides is 1. The first-order valence-corrected chi connectivity index (χ1v) is 12.1. The minimum atomic E-state index is -4.10. The van der Waals surface area contributed by atoms with E-state index in [1.807, 2.05) is 0 Å². The summed E-state index contributed by atoms with van der Waals surface area (Å²) in [6, 6.07) is 16.5. The number of nitrogens with one attached hydrogen (secondary N) is 2. The average Bonchev–Trinajstić information content (AvgIpc) is 2.82. The highest BCUT2D eigenvalue weighted by atomic mass is 32.2. The second-order valence-corrected chi connectivity index (χ2v) is 9.76. The van der Waals surface area contributed by atoms with Gasteiger partial charge in [0.15, 0.2) is 0 Å². The Hall–Kier alpha value is -4.51. The number of aryl methyl sites for hydroxylation is 1. The van der Waals surface area contributed by atoms with Gasteiger partial charge in [-0.1, -0.05) is 30.3 Å². The SMILES string of the molecule is CC(C)=C(NC(=O)c1ccc(-c2cccc(NS(=O)(=O)c3cc([N+](=O)[O-])ccc3C)c2)cc1)C(=O)O. The third-order valence-electron chi connectivity index (χ3n) is 5.22. The Labute approximate surface area is 207 Å². The second-order valence-electron chi connectivity index (χ2n) is 8.10. The van der Waals surface area contributed by atoms with Crippen molar-refractivity contribution in [1.82, 2.24) is 5.32 Å². The summed E-state index contributed by atoms with van der Waals surface area (Å²) in [4.78, 5) is 33.9. The molecule has 0 saturated heterocycles. The summed E-state index contributed by atoms with van der Waals surface area (Å²) >= 11 is 0. The number of carboxylic acid groups (broad SMARTS) is 1. The second kappa shape index (κ2) is 10.4. The summed E-state index contributed by atoms with van der Waals surface area (Å²) in [5.41, 5.74) is 2.10. The summed E-state index contributed by atoms with van der Waals surface area (Å²) in [7, 11) is -4.10. The number of hydrogen-bond acceptors (Lipinski definition) is 6. The van der Waals surface area contributed by atoms with E-state index in [9.17, 15) is 33.2 Å². The molecule has 0 aromatic heterocycles. The van der Waals surface area contributed by atoms with Gasteiger partial charge in [-0.2, -0.15) is 0 Å².